The number of rotatable bonds is 6. The lowest BCUT2D eigenvalue weighted by molar-refractivity contribution is 0.603. The molecule has 0 atom stereocenters. The van der Waals surface area contributed by atoms with Crippen molar-refractivity contribution >= 4 is 32.5 Å². The van der Waals surface area contributed by atoms with Gasteiger partial charge >= 0.3 is 0 Å². The first-order chi connectivity index (χ1) is 11.9. The highest BCUT2D eigenvalue weighted by Gasteiger charge is 2.13. The van der Waals surface area contributed by atoms with Crippen LogP contribution in [0.5, 0.6) is 0 Å². The quantitative estimate of drug-likeness (QED) is 0.484. The van der Waals surface area contributed by atoms with E-state index in [0.29, 0.717) is 28.4 Å². The molecule has 6 nitrogen and oxygen atoms in total. The molecule has 0 fully saturated rings. The van der Waals surface area contributed by atoms with Crippen LogP contribution in [0.25, 0.3) is 10.9 Å². The van der Waals surface area contributed by atoms with E-state index in [4.69, 9.17) is 0 Å². The molecule has 0 saturated heterocycles. The Balaban J connectivity index is 2.02. The van der Waals surface area contributed by atoms with E-state index in [-0.39, 0.29) is 11.3 Å². The molecule has 0 aliphatic carbocycles. The second-order valence-electron chi connectivity index (χ2n) is 5.64. The first kappa shape index (κ1) is 17.6. The molecule has 0 spiro atoms. The lowest BCUT2D eigenvalue weighted by Gasteiger charge is -2.13. The molecule has 130 valence electrons. The van der Waals surface area contributed by atoms with Crippen LogP contribution in [0.3, 0.4) is 0 Å². The molecular weight excluding hydrogens is 358 g/mol. The number of hydrogen-bond acceptors (Lipinski definition) is 6. The first-order valence-electron chi connectivity index (χ1n) is 7.63. The third kappa shape index (κ3) is 4.46. The van der Waals surface area contributed by atoms with Crippen LogP contribution in [0.2, 0.25) is 0 Å². The molecule has 0 bridgehead atoms. The lowest BCUT2D eigenvalue weighted by atomic mass is 10.2. The SMILES string of the molecule is CS(=O)(=O)CCSc1nc2ccccc2c(=O)n1Cc1cccnc1. The monoisotopic (exact) mass is 375 g/mol. The number of fused-ring (bicyclic) bond motifs is 1. The summed E-state index contributed by atoms with van der Waals surface area (Å²) in [7, 11) is -3.06. The van der Waals surface area contributed by atoms with E-state index >= 15 is 0 Å². The van der Waals surface area contributed by atoms with Gasteiger partial charge in [-0.1, -0.05) is 30.0 Å². The van der Waals surface area contributed by atoms with E-state index in [1.807, 2.05) is 18.2 Å². The Morgan fingerprint density at radius 1 is 1.16 bits per heavy atom. The van der Waals surface area contributed by atoms with Crippen LogP contribution in [0.4, 0.5) is 0 Å². The van der Waals surface area contributed by atoms with Gasteiger partial charge in [-0.15, -0.1) is 0 Å². The zero-order chi connectivity index (χ0) is 17.9. The van der Waals surface area contributed by atoms with Gasteiger partial charge in [-0.3, -0.25) is 14.3 Å². The number of nitrogens with zero attached hydrogens (tertiary/aromatic N) is 3. The van der Waals surface area contributed by atoms with Gasteiger partial charge in [-0.2, -0.15) is 0 Å². The second-order valence-corrected chi connectivity index (χ2v) is 8.96. The summed E-state index contributed by atoms with van der Waals surface area (Å²) in [5, 5.41) is 1.05. The van der Waals surface area contributed by atoms with Crippen molar-refractivity contribution in [1.82, 2.24) is 14.5 Å². The van der Waals surface area contributed by atoms with Crippen molar-refractivity contribution in [3.8, 4) is 0 Å². The molecule has 8 heteroatoms. The maximum absolute atomic E-state index is 12.9. The Kier molecular flexibility index (Phi) is 5.19. The topological polar surface area (TPSA) is 81.9 Å². The summed E-state index contributed by atoms with van der Waals surface area (Å²) >= 11 is 1.27. The van der Waals surface area contributed by atoms with Gasteiger partial charge in [0.2, 0.25) is 0 Å². The van der Waals surface area contributed by atoms with Crippen molar-refractivity contribution in [2.24, 2.45) is 0 Å². The van der Waals surface area contributed by atoms with Gasteiger partial charge < -0.3 is 0 Å². The molecular formula is C17H17N3O3S2. The lowest BCUT2D eigenvalue weighted by Crippen LogP contribution is -2.24. The highest BCUT2D eigenvalue weighted by molar-refractivity contribution is 8.00. The third-order valence-electron chi connectivity index (χ3n) is 3.58. The van der Waals surface area contributed by atoms with Crippen molar-refractivity contribution in [2.45, 2.75) is 11.7 Å². The fourth-order valence-electron chi connectivity index (χ4n) is 2.36. The Morgan fingerprint density at radius 3 is 2.68 bits per heavy atom. The maximum atomic E-state index is 12.9. The smallest absolute Gasteiger partial charge is 0.262 e. The summed E-state index contributed by atoms with van der Waals surface area (Å²) in [6.45, 7) is 0.339. The van der Waals surface area contributed by atoms with Gasteiger partial charge in [-0.25, -0.2) is 13.4 Å². The summed E-state index contributed by atoms with van der Waals surface area (Å²) in [5.74, 6) is 0.379. The molecule has 3 aromatic rings. The largest absolute Gasteiger partial charge is 0.283 e. The molecule has 0 aliphatic heterocycles. The molecule has 3 rings (SSSR count). The minimum absolute atomic E-state index is 0.0350. The molecule has 0 amide bonds. The van der Waals surface area contributed by atoms with Crippen LogP contribution in [0.1, 0.15) is 5.56 Å². The number of pyridine rings is 1. The average molecular weight is 375 g/mol. The van der Waals surface area contributed by atoms with Gasteiger partial charge in [0.15, 0.2) is 5.16 Å². The van der Waals surface area contributed by atoms with Gasteiger partial charge in [-0.05, 0) is 23.8 Å². The average Bonchev–Trinajstić information content (AvgIpc) is 2.58. The van der Waals surface area contributed by atoms with Crippen molar-refractivity contribution < 1.29 is 8.42 Å². The highest BCUT2D eigenvalue weighted by atomic mass is 32.2. The summed E-state index contributed by atoms with van der Waals surface area (Å²) in [4.78, 5) is 21.5. The van der Waals surface area contributed by atoms with Crippen molar-refractivity contribution in [3.63, 3.8) is 0 Å². The van der Waals surface area contributed by atoms with Crippen LogP contribution in [-0.2, 0) is 16.4 Å². The maximum Gasteiger partial charge on any atom is 0.262 e. The normalized spacial score (nSPS) is 11.7. The fourth-order valence-corrected chi connectivity index (χ4v) is 4.55. The Bertz CT molecular complexity index is 1050. The number of sulfone groups is 1. The molecule has 0 N–H and O–H groups in total. The van der Waals surface area contributed by atoms with E-state index in [9.17, 15) is 13.2 Å². The summed E-state index contributed by atoms with van der Waals surface area (Å²) < 4.78 is 24.3. The van der Waals surface area contributed by atoms with Gasteiger partial charge in [0.1, 0.15) is 9.84 Å². The number of para-hydroxylation sites is 1. The van der Waals surface area contributed by atoms with Crippen LogP contribution in [0.15, 0.2) is 58.7 Å². The van der Waals surface area contributed by atoms with Crippen molar-refractivity contribution in [2.75, 3.05) is 17.8 Å². The van der Waals surface area contributed by atoms with Crippen molar-refractivity contribution in [1.29, 1.82) is 0 Å². The first-order valence-corrected chi connectivity index (χ1v) is 10.7. The standard InChI is InChI=1S/C17H17N3O3S2/c1-25(22,23)10-9-24-17-19-15-7-3-2-6-14(15)16(21)20(17)12-13-5-4-8-18-11-13/h2-8,11H,9-10,12H2,1H3. The van der Waals surface area contributed by atoms with E-state index in [1.165, 1.54) is 18.0 Å². The highest BCUT2D eigenvalue weighted by Crippen LogP contribution is 2.19. The molecule has 2 heterocycles. The van der Waals surface area contributed by atoms with E-state index < -0.39 is 9.84 Å². The molecule has 0 aliphatic rings. The minimum Gasteiger partial charge on any atom is -0.283 e. The minimum atomic E-state index is -3.06. The number of hydrogen-bond donors (Lipinski definition) is 0. The van der Waals surface area contributed by atoms with Gasteiger partial charge in [0.05, 0.1) is 23.2 Å². The predicted octanol–water partition coefficient (Wildman–Crippen LogP) is 1.98. The summed E-state index contributed by atoms with van der Waals surface area (Å²) in [6.07, 6.45) is 4.57. The number of aromatic nitrogens is 3. The van der Waals surface area contributed by atoms with Crippen LogP contribution < -0.4 is 5.56 Å². The van der Waals surface area contributed by atoms with E-state index in [2.05, 4.69) is 9.97 Å². The predicted molar refractivity (Wildman–Crippen MR) is 99.8 cm³/mol. The van der Waals surface area contributed by atoms with E-state index in [1.54, 1.807) is 35.2 Å². The van der Waals surface area contributed by atoms with E-state index in [0.717, 1.165) is 5.56 Å². The number of benzene rings is 1. The molecule has 0 radical (unpaired) electrons. The van der Waals surface area contributed by atoms with Crippen LogP contribution in [-0.4, -0.2) is 40.7 Å². The molecule has 0 saturated carbocycles. The zero-order valence-electron chi connectivity index (χ0n) is 13.6. The fraction of sp³-hybridized carbons (Fsp3) is 0.235. The number of thioether (sulfide) groups is 1. The van der Waals surface area contributed by atoms with Gasteiger partial charge in [0, 0.05) is 24.4 Å². The van der Waals surface area contributed by atoms with Crippen molar-refractivity contribution in [3.05, 3.63) is 64.7 Å². The summed E-state index contributed by atoms with van der Waals surface area (Å²) in [5.41, 5.74) is 1.35. The van der Waals surface area contributed by atoms with Crippen LogP contribution >= 0.6 is 11.8 Å². The molecule has 0 unspecified atom stereocenters. The van der Waals surface area contributed by atoms with Gasteiger partial charge in [0.25, 0.3) is 5.56 Å². The molecule has 1 aromatic carbocycles. The molecule has 25 heavy (non-hydrogen) atoms. The Morgan fingerprint density at radius 2 is 1.96 bits per heavy atom. The third-order valence-corrected chi connectivity index (χ3v) is 5.76. The second kappa shape index (κ2) is 7.37. The summed E-state index contributed by atoms with van der Waals surface area (Å²) in [6, 6.07) is 10.9. The Labute approximate surface area is 149 Å². The van der Waals surface area contributed by atoms with Crippen LogP contribution in [0, 0.1) is 0 Å². The zero-order valence-corrected chi connectivity index (χ0v) is 15.3. The Hall–Kier alpha value is -2.19. The molecule has 2 aromatic heterocycles.